The number of benzene rings is 2. The second kappa shape index (κ2) is 6.82. The van der Waals surface area contributed by atoms with Crippen molar-refractivity contribution in [2.24, 2.45) is 0 Å². The second-order valence-corrected chi connectivity index (χ2v) is 9.70. The first kappa shape index (κ1) is 19.1. The Morgan fingerprint density at radius 1 is 0.926 bits per heavy atom. The van der Waals surface area contributed by atoms with E-state index in [0.717, 1.165) is 11.9 Å². The Morgan fingerprint density at radius 3 is 2.19 bits per heavy atom. The molecule has 0 unspecified atom stereocenters. The molecule has 0 atom stereocenters. The summed E-state index contributed by atoms with van der Waals surface area (Å²) in [7, 11) is -7.82. The molecule has 0 spiro atoms. The van der Waals surface area contributed by atoms with E-state index in [4.69, 9.17) is 4.42 Å². The number of hydrogen-bond acceptors (Lipinski definition) is 6. The largest absolute Gasteiger partial charge is 0.441 e. The maximum Gasteiger partial charge on any atom is 0.263 e. The number of oxazole rings is 1. The third-order valence-corrected chi connectivity index (χ3v) is 6.65. The lowest BCUT2D eigenvalue weighted by Crippen LogP contribution is -2.16. The molecule has 0 aliphatic carbocycles. The Kier molecular flexibility index (Phi) is 4.83. The Balaban J connectivity index is 2.00. The summed E-state index contributed by atoms with van der Waals surface area (Å²) in [5, 5.41) is 0. The minimum absolute atomic E-state index is 0.257. The molecule has 2 aromatic carbocycles. The molecule has 0 aliphatic heterocycles. The van der Waals surface area contributed by atoms with E-state index in [1.54, 1.807) is 31.2 Å². The molecule has 3 aromatic rings. The van der Waals surface area contributed by atoms with Gasteiger partial charge in [0.15, 0.2) is 9.84 Å². The van der Waals surface area contributed by atoms with Crippen molar-refractivity contribution >= 4 is 25.5 Å². The summed E-state index contributed by atoms with van der Waals surface area (Å²) < 4.78 is 57.3. The number of anilines is 1. The van der Waals surface area contributed by atoms with Crippen LogP contribution in [-0.2, 0) is 19.9 Å². The van der Waals surface area contributed by atoms with Gasteiger partial charge in [-0.25, -0.2) is 21.8 Å². The molecule has 0 bridgehead atoms. The van der Waals surface area contributed by atoms with Crippen LogP contribution < -0.4 is 4.72 Å². The number of hydrogen-bond donors (Lipinski definition) is 1. The van der Waals surface area contributed by atoms with E-state index in [0.29, 0.717) is 17.2 Å². The van der Waals surface area contributed by atoms with Gasteiger partial charge >= 0.3 is 0 Å². The van der Waals surface area contributed by atoms with Crippen molar-refractivity contribution in [3.05, 3.63) is 60.0 Å². The number of aryl methyl sites for hydroxylation is 2. The highest BCUT2D eigenvalue weighted by Gasteiger charge is 2.23. The average molecular weight is 406 g/mol. The van der Waals surface area contributed by atoms with Gasteiger partial charge in [0.05, 0.1) is 10.6 Å². The van der Waals surface area contributed by atoms with E-state index in [1.807, 2.05) is 6.92 Å². The molecule has 27 heavy (non-hydrogen) atoms. The Morgan fingerprint density at radius 2 is 1.59 bits per heavy atom. The van der Waals surface area contributed by atoms with Crippen LogP contribution in [0.15, 0.2) is 62.7 Å². The van der Waals surface area contributed by atoms with Crippen molar-refractivity contribution < 1.29 is 21.3 Å². The van der Waals surface area contributed by atoms with Crippen LogP contribution in [-0.4, -0.2) is 28.1 Å². The molecule has 0 fully saturated rings. The normalized spacial score (nSPS) is 12.1. The summed E-state index contributed by atoms with van der Waals surface area (Å²) in [6, 6.07) is 12.0. The molecule has 142 valence electrons. The fourth-order valence-electron chi connectivity index (χ4n) is 2.50. The van der Waals surface area contributed by atoms with Crippen molar-refractivity contribution in [2.45, 2.75) is 23.6 Å². The Hall–Kier alpha value is -2.65. The van der Waals surface area contributed by atoms with Crippen LogP contribution in [0.25, 0.3) is 11.5 Å². The van der Waals surface area contributed by atoms with Gasteiger partial charge in [0.25, 0.3) is 10.0 Å². The number of sulfonamides is 1. The van der Waals surface area contributed by atoms with E-state index < -0.39 is 19.9 Å². The van der Waals surface area contributed by atoms with Crippen molar-refractivity contribution in [3.63, 3.8) is 0 Å². The third-order valence-electron chi connectivity index (χ3n) is 3.93. The lowest BCUT2D eigenvalue weighted by atomic mass is 10.2. The molecule has 1 aromatic heterocycles. The molecule has 1 N–H and O–H groups in total. The summed E-state index contributed by atoms with van der Waals surface area (Å²) in [5.41, 5.74) is 1.62. The van der Waals surface area contributed by atoms with Gasteiger partial charge in [0, 0.05) is 17.5 Å². The van der Waals surface area contributed by atoms with Crippen LogP contribution in [0.2, 0.25) is 0 Å². The summed E-state index contributed by atoms with van der Waals surface area (Å²) in [6.07, 6.45) is 0.967. The summed E-state index contributed by atoms with van der Waals surface area (Å²) in [4.78, 5) is 3.74. The maximum absolute atomic E-state index is 12.8. The van der Waals surface area contributed by atoms with Gasteiger partial charge in [0.2, 0.25) is 5.89 Å². The molecular weight excluding hydrogens is 388 g/mol. The fraction of sp³-hybridized carbons (Fsp3) is 0.167. The van der Waals surface area contributed by atoms with Crippen molar-refractivity contribution in [2.75, 3.05) is 11.0 Å². The highest BCUT2D eigenvalue weighted by molar-refractivity contribution is 7.95. The summed E-state index contributed by atoms with van der Waals surface area (Å²) in [6.45, 7) is 3.61. The third kappa shape index (κ3) is 4.04. The molecule has 7 nitrogen and oxygen atoms in total. The Bertz CT molecular complexity index is 1190. The fourth-order valence-corrected chi connectivity index (χ4v) is 5.18. The van der Waals surface area contributed by atoms with Crippen LogP contribution >= 0.6 is 0 Å². The molecular formula is C18H18N2O5S2. The number of sulfone groups is 1. The van der Waals surface area contributed by atoms with Crippen molar-refractivity contribution in [1.29, 1.82) is 0 Å². The number of nitrogens with one attached hydrogen (secondary N) is 1. The molecule has 0 radical (unpaired) electrons. The quantitative estimate of drug-likeness (QED) is 0.697. The topological polar surface area (TPSA) is 106 Å². The zero-order valence-corrected chi connectivity index (χ0v) is 16.6. The second-order valence-electron chi connectivity index (χ2n) is 6.07. The summed E-state index contributed by atoms with van der Waals surface area (Å²) >= 11 is 0. The number of rotatable bonds is 5. The zero-order valence-electron chi connectivity index (χ0n) is 14.9. The van der Waals surface area contributed by atoms with Crippen LogP contribution in [0, 0.1) is 13.8 Å². The van der Waals surface area contributed by atoms with E-state index in [9.17, 15) is 16.8 Å². The summed E-state index contributed by atoms with van der Waals surface area (Å²) in [5.74, 6) is 1.06. The monoisotopic (exact) mass is 406 g/mol. The van der Waals surface area contributed by atoms with Gasteiger partial charge < -0.3 is 4.42 Å². The first-order chi connectivity index (χ1) is 12.6. The minimum atomic E-state index is -4.11. The Labute approximate surface area is 158 Å². The average Bonchev–Trinajstić information content (AvgIpc) is 2.93. The van der Waals surface area contributed by atoms with Gasteiger partial charge in [-0.05, 0) is 44.2 Å². The van der Waals surface area contributed by atoms with Crippen LogP contribution in [0.5, 0.6) is 0 Å². The lowest BCUT2D eigenvalue weighted by Gasteiger charge is -2.11. The maximum atomic E-state index is 12.8. The molecule has 1 heterocycles. The van der Waals surface area contributed by atoms with Gasteiger partial charge in [-0.15, -0.1) is 0 Å². The SMILES string of the molecule is Cc1nc(-c2cccc(NS(=O)(=O)c3ccccc3S(C)(=O)=O)c2)oc1C. The number of nitrogens with zero attached hydrogens (tertiary/aromatic N) is 1. The van der Waals surface area contributed by atoms with E-state index in [1.165, 1.54) is 24.3 Å². The van der Waals surface area contributed by atoms with E-state index >= 15 is 0 Å². The smallest absolute Gasteiger partial charge is 0.263 e. The molecule has 0 amide bonds. The van der Waals surface area contributed by atoms with Crippen molar-refractivity contribution in [1.82, 2.24) is 4.98 Å². The molecule has 9 heteroatoms. The molecule has 0 aliphatic rings. The standard InChI is InChI=1S/C18H18N2O5S2/c1-12-13(2)25-18(19-12)14-7-6-8-15(11-14)20-27(23,24)17-10-5-4-9-16(17)26(3,21)22/h4-11,20H,1-3H3. The highest BCUT2D eigenvalue weighted by Crippen LogP contribution is 2.27. The number of aromatic nitrogens is 1. The molecule has 0 saturated heterocycles. The van der Waals surface area contributed by atoms with Crippen LogP contribution in [0.1, 0.15) is 11.5 Å². The minimum Gasteiger partial charge on any atom is -0.441 e. The molecule has 0 saturated carbocycles. The molecule has 3 rings (SSSR count). The van der Waals surface area contributed by atoms with Gasteiger partial charge in [-0.2, -0.15) is 0 Å². The lowest BCUT2D eigenvalue weighted by molar-refractivity contribution is 0.541. The highest BCUT2D eigenvalue weighted by atomic mass is 32.2. The predicted molar refractivity (Wildman–Crippen MR) is 102 cm³/mol. The van der Waals surface area contributed by atoms with E-state index in [2.05, 4.69) is 9.71 Å². The van der Waals surface area contributed by atoms with Crippen LogP contribution in [0.3, 0.4) is 0 Å². The predicted octanol–water partition coefficient (Wildman–Crippen LogP) is 3.16. The van der Waals surface area contributed by atoms with E-state index in [-0.39, 0.29) is 15.5 Å². The first-order valence-corrected chi connectivity index (χ1v) is 11.3. The first-order valence-electron chi connectivity index (χ1n) is 7.94. The zero-order chi connectivity index (χ0) is 19.8. The van der Waals surface area contributed by atoms with Crippen molar-refractivity contribution in [3.8, 4) is 11.5 Å². The van der Waals surface area contributed by atoms with Gasteiger partial charge in [-0.3, -0.25) is 4.72 Å². The van der Waals surface area contributed by atoms with Gasteiger partial charge in [0.1, 0.15) is 10.7 Å². The van der Waals surface area contributed by atoms with Gasteiger partial charge in [-0.1, -0.05) is 18.2 Å². The van der Waals surface area contributed by atoms with Crippen LogP contribution in [0.4, 0.5) is 5.69 Å².